The molecule has 3 saturated carbocycles. The van der Waals surface area contributed by atoms with Crippen LogP contribution in [0.2, 0.25) is 0 Å². The molecule has 67 heavy (non-hydrogen) atoms. The van der Waals surface area contributed by atoms with E-state index in [2.05, 4.69) is 57.8 Å². The van der Waals surface area contributed by atoms with Crippen LogP contribution in [0.5, 0.6) is 11.5 Å². The molecule has 0 heterocycles. The minimum atomic E-state index is -1.07. The van der Waals surface area contributed by atoms with Gasteiger partial charge in [0.2, 0.25) is 5.82 Å². The van der Waals surface area contributed by atoms with Gasteiger partial charge in [0.05, 0.1) is 18.9 Å². The van der Waals surface area contributed by atoms with Crippen LogP contribution in [0.15, 0.2) is 58.3 Å². The molecule has 2 aromatic carbocycles. The highest BCUT2D eigenvalue weighted by molar-refractivity contribution is 5.69. The minimum Gasteiger partial charge on any atom is -0.494 e. The van der Waals surface area contributed by atoms with Crippen LogP contribution in [0, 0.1) is 58.0 Å². The van der Waals surface area contributed by atoms with Crippen molar-refractivity contribution >= 4 is 17.3 Å². The molecule has 0 spiro atoms. The molecule has 4 aliphatic rings. The van der Waals surface area contributed by atoms with Gasteiger partial charge in [-0.05, 0) is 147 Å². The summed E-state index contributed by atoms with van der Waals surface area (Å²) in [7, 11) is 0. The fourth-order valence-electron chi connectivity index (χ4n) is 13.3. The number of esters is 1. The number of carbonyl (C=O) groups excluding carboxylic acids is 1. The lowest BCUT2D eigenvalue weighted by Crippen LogP contribution is -2.51. The monoisotopic (exact) mass is 929 g/mol. The lowest BCUT2D eigenvalue weighted by molar-refractivity contribution is -0.151. The smallest absolute Gasteiger partial charge is 0.306 e. The van der Waals surface area contributed by atoms with Crippen LogP contribution < -0.4 is 9.47 Å². The fraction of sp³-hybridized carbons (Fsp3) is 0.746. The Morgan fingerprint density at radius 3 is 2.07 bits per heavy atom. The van der Waals surface area contributed by atoms with Crippen molar-refractivity contribution in [3.63, 3.8) is 0 Å². The van der Waals surface area contributed by atoms with Crippen LogP contribution in [0.25, 0.3) is 0 Å². The minimum absolute atomic E-state index is 0.0105. The first-order valence-electron chi connectivity index (χ1n) is 27.6. The number of allylic oxidation sites excluding steroid dienone is 1. The number of ether oxygens (including phenoxy) is 3. The molecule has 0 N–H and O–H groups in total. The van der Waals surface area contributed by atoms with E-state index in [1.807, 2.05) is 12.1 Å². The number of nitrogens with zero attached hydrogens (tertiary/aromatic N) is 2. The van der Waals surface area contributed by atoms with E-state index in [1.54, 1.807) is 17.7 Å². The predicted octanol–water partition coefficient (Wildman–Crippen LogP) is 18.4. The highest BCUT2D eigenvalue weighted by Gasteiger charge is 2.59. The Labute approximate surface area is 405 Å². The van der Waals surface area contributed by atoms with Crippen molar-refractivity contribution in [2.24, 2.45) is 56.6 Å². The maximum Gasteiger partial charge on any atom is 0.306 e. The third kappa shape index (κ3) is 14.9. The van der Waals surface area contributed by atoms with E-state index in [1.165, 1.54) is 95.6 Å². The van der Waals surface area contributed by atoms with E-state index in [0.717, 1.165) is 125 Å². The lowest BCUT2D eigenvalue weighted by Gasteiger charge is -2.58. The fourth-order valence-corrected chi connectivity index (χ4v) is 13.3. The summed E-state index contributed by atoms with van der Waals surface area (Å²) in [5.74, 6) is 3.58. The number of azo groups is 1. The van der Waals surface area contributed by atoms with Crippen molar-refractivity contribution in [3.8, 4) is 11.5 Å². The Morgan fingerprint density at radius 1 is 0.701 bits per heavy atom. The third-order valence-corrected chi connectivity index (χ3v) is 17.2. The van der Waals surface area contributed by atoms with Crippen molar-refractivity contribution in [2.45, 2.75) is 221 Å². The zero-order valence-electron chi connectivity index (χ0n) is 42.9. The maximum atomic E-state index is 14.8. The Bertz CT molecular complexity index is 1860. The molecule has 0 radical (unpaired) electrons. The number of hydrogen-bond donors (Lipinski definition) is 0. The van der Waals surface area contributed by atoms with Crippen molar-refractivity contribution < 1.29 is 27.8 Å². The topological polar surface area (TPSA) is 69.5 Å². The molecular formula is C59H90F2N2O4. The summed E-state index contributed by atoms with van der Waals surface area (Å²) in [5, 5.41) is 8.03. The van der Waals surface area contributed by atoms with Crippen LogP contribution in [0.4, 0.5) is 20.2 Å². The largest absolute Gasteiger partial charge is 0.494 e. The van der Waals surface area contributed by atoms with E-state index in [0.29, 0.717) is 30.7 Å². The Balaban J connectivity index is 0.784. The molecule has 6 rings (SSSR count). The van der Waals surface area contributed by atoms with Gasteiger partial charge < -0.3 is 14.2 Å². The van der Waals surface area contributed by atoms with Crippen LogP contribution in [0.3, 0.4) is 0 Å². The van der Waals surface area contributed by atoms with Crippen molar-refractivity contribution in [3.05, 3.63) is 59.7 Å². The summed E-state index contributed by atoms with van der Waals surface area (Å²) < 4.78 is 47.1. The summed E-state index contributed by atoms with van der Waals surface area (Å²) in [6, 6.07) is 9.95. The van der Waals surface area contributed by atoms with Gasteiger partial charge in [0.25, 0.3) is 0 Å². The van der Waals surface area contributed by atoms with Gasteiger partial charge in [-0.15, -0.1) is 5.11 Å². The summed E-state index contributed by atoms with van der Waals surface area (Å²) in [4.78, 5) is 13.0. The summed E-state index contributed by atoms with van der Waals surface area (Å²) in [5.41, 5.74) is 2.75. The molecule has 0 aliphatic heterocycles. The molecule has 2 aromatic rings. The first-order valence-corrected chi connectivity index (χ1v) is 27.6. The number of fused-ring (bicyclic) bond motifs is 5. The molecule has 0 unspecified atom stereocenters. The normalized spacial score (nSPS) is 26.2. The van der Waals surface area contributed by atoms with Gasteiger partial charge in [-0.3, -0.25) is 4.79 Å². The second-order valence-corrected chi connectivity index (χ2v) is 22.4. The summed E-state index contributed by atoms with van der Waals surface area (Å²) in [6.07, 6.45) is 34.0. The lowest BCUT2D eigenvalue weighted by atomic mass is 9.47. The van der Waals surface area contributed by atoms with E-state index < -0.39 is 11.6 Å². The van der Waals surface area contributed by atoms with E-state index in [9.17, 15) is 13.6 Å². The standard InChI is InChI=1S/C59H90F2N2O4/c1-7-8-9-10-17-20-40-65-47-29-27-46(28-30-47)62-63-53-34-35-54(57(61)56(53)60)66-41-21-18-15-13-11-12-14-16-19-25-55(64)67-48-36-38-58(5)45(42-48)26-31-49-51-33-32-50(44(4)24-22-23-43(2)3)59(51,6)39-37-52(49)58/h26-30,34-35,43-44,48-52H,7-25,31-33,36-42H2,1-6H3/t44-,48+,49+,50-,51+,52+,58+,59-/m1/s1. The van der Waals surface area contributed by atoms with Gasteiger partial charge in [-0.2, -0.15) is 9.50 Å². The number of carbonyl (C=O) groups is 1. The molecule has 3 fully saturated rings. The van der Waals surface area contributed by atoms with Crippen molar-refractivity contribution in [1.82, 2.24) is 0 Å². The molecule has 6 nitrogen and oxygen atoms in total. The van der Waals surface area contributed by atoms with Gasteiger partial charge >= 0.3 is 5.97 Å². The summed E-state index contributed by atoms with van der Waals surface area (Å²) >= 11 is 0. The first kappa shape index (κ1) is 53.1. The van der Waals surface area contributed by atoms with E-state index in [-0.39, 0.29) is 28.9 Å². The zero-order chi connectivity index (χ0) is 47.7. The van der Waals surface area contributed by atoms with E-state index >= 15 is 0 Å². The molecule has 0 saturated heterocycles. The summed E-state index contributed by atoms with van der Waals surface area (Å²) in [6.45, 7) is 15.8. The van der Waals surface area contributed by atoms with Crippen molar-refractivity contribution in [2.75, 3.05) is 13.2 Å². The molecule has 8 atom stereocenters. The Hall–Kier alpha value is -3.29. The number of hydrogen-bond acceptors (Lipinski definition) is 6. The average molecular weight is 929 g/mol. The second kappa shape index (κ2) is 26.6. The maximum absolute atomic E-state index is 14.8. The predicted molar refractivity (Wildman–Crippen MR) is 270 cm³/mol. The molecule has 0 amide bonds. The number of benzene rings is 2. The molecule has 0 bridgehead atoms. The molecule has 4 aliphatic carbocycles. The first-order chi connectivity index (χ1) is 32.4. The highest BCUT2D eigenvalue weighted by atomic mass is 19.2. The van der Waals surface area contributed by atoms with Gasteiger partial charge in [0.15, 0.2) is 11.6 Å². The third-order valence-electron chi connectivity index (χ3n) is 17.2. The van der Waals surface area contributed by atoms with Crippen LogP contribution in [0.1, 0.15) is 215 Å². The van der Waals surface area contributed by atoms with Gasteiger partial charge in [0.1, 0.15) is 17.5 Å². The van der Waals surface area contributed by atoms with Crippen LogP contribution in [-0.2, 0) is 9.53 Å². The van der Waals surface area contributed by atoms with Crippen molar-refractivity contribution in [1.29, 1.82) is 0 Å². The van der Waals surface area contributed by atoms with Gasteiger partial charge in [-0.25, -0.2) is 4.39 Å². The second-order valence-electron chi connectivity index (χ2n) is 22.4. The molecule has 0 aromatic heterocycles. The van der Waals surface area contributed by atoms with Gasteiger partial charge in [0, 0.05) is 12.8 Å². The number of halogens is 2. The van der Waals surface area contributed by atoms with Crippen LogP contribution >= 0.6 is 0 Å². The Kier molecular flexibility index (Phi) is 21.1. The highest BCUT2D eigenvalue weighted by Crippen LogP contribution is 2.67. The number of unbranched alkanes of at least 4 members (excludes halogenated alkanes) is 13. The van der Waals surface area contributed by atoms with Crippen LogP contribution in [-0.4, -0.2) is 25.3 Å². The zero-order valence-corrected chi connectivity index (χ0v) is 42.9. The van der Waals surface area contributed by atoms with E-state index in [4.69, 9.17) is 14.2 Å². The molecule has 8 heteroatoms. The number of rotatable bonds is 29. The van der Waals surface area contributed by atoms with Gasteiger partial charge in [-0.1, -0.05) is 150 Å². The quantitative estimate of drug-likeness (QED) is 0.0353. The molecule has 374 valence electrons. The SMILES string of the molecule is CCCCCCCCOc1ccc(N=Nc2ccc(OCCCCCCCCCCCC(=O)O[C@H]3CC[C@@]4(C)C(=CC[C@H]5[C@@H]6CC[C@H]([C@H](C)CCCC(C)C)[C@@]6(C)CC[C@@H]54)C3)c(F)c2F)cc1. The molecular weight excluding hydrogens is 839 g/mol. The average Bonchev–Trinajstić information content (AvgIpc) is 3.68. The Morgan fingerprint density at radius 2 is 1.37 bits per heavy atom.